The third-order valence-electron chi connectivity index (χ3n) is 4.25. The Labute approximate surface area is 137 Å². The average molecular weight is 334 g/mol. The van der Waals surface area contributed by atoms with Gasteiger partial charge < -0.3 is 15.0 Å². The molecule has 8 nitrogen and oxygen atoms in total. The molecule has 0 aliphatic carbocycles. The molecule has 1 unspecified atom stereocenters. The second-order valence-electron chi connectivity index (χ2n) is 5.94. The van der Waals surface area contributed by atoms with Crippen molar-refractivity contribution in [2.24, 2.45) is 0 Å². The highest BCUT2D eigenvalue weighted by Crippen LogP contribution is 2.36. The molecule has 23 heavy (non-hydrogen) atoms. The number of quaternary nitrogens is 1. The van der Waals surface area contributed by atoms with Crippen molar-refractivity contribution in [2.45, 2.75) is 19.4 Å². The van der Waals surface area contributed by atoms with Crippen molar-refractivity contribution in [3.05, 3.63) is 10.4 Å². The maximum Gasteiger partial charge on any atom is 0.276 e. The molecule has 0 fully saturated rings. The summed E-state index contributed by atoms with van der Waals surface area (Å²) in [4.78, 5) is 8.69. The molecule has 0 amide bonds. The van der Waals surface area contributed by atoms with E-state index in [0.717, 1.165) is 49.7 Å². The molecule has 1 aliphatic heterocycles. The van der Waals surface area contributed by atoms with Crippen molar-refractivity contribution in [1.82, 2.24) is 25.0 Å². The van der Waals surface area contributed by atoms with E-state index < -0.39 is 0 Å². The summed E-state index contributed by atoms with van der Waals surface area (Å²) in [7, 11) is 3.96. The molecule has 4 heterocycles. The summed E-state index contributed by atoms with van der Waals surface area (Å²) < 4.78 is 6.87. The number of thiophene rings is 1. The summed E-state index contributed by atoms with van der Waals surface area (Å²) in [6.45, 7) is 3.77. The summed E-state index contributed by atoms with van der Waals surface area (Å²) >= 11 is 1.79. The molecule has 2 N–H and O–H groups in total. The van der Waals surface area contributed by atoms with Crippen molar-refractivity contribution in [3.63, 3.8) is 0 Å². The maximum absolute atomic E-state index is 5.11. The molecular weight excluding hydrogens is 314 g/mol. The standard InChI is InChI=1S/C14H19N7OS/c1-20-6-4-9-10(8-20)23-13-11(9)12(15-5-3-7-22-2)16-14-17-18-19-21(13)14/h3-8H2,1-2H3,(H,15,16,17,19)/p+1. The molecule has 3 aromatic heterocycles. The molecule has 3 aromatic rings. The first-order valence-corrected chi connectivity index (χ1v) is 8.66. The van der Waals surface area contributed by atoms with Gasteiger partial charge in [-0.3, -0.25) is 0 Å². The lowest BCUT2D eigenvalue weighted by atomic mass is 10.1. The number of rotatable bonds is 5. The quantitative estimate of drug-likeness (QED) is 0.627. The number of methoxy groups -OCH3 is 1. The average Bonchev–Trinajstić information content (AvgIpc) is 3.14. The number of ether oxygens (including phenoxy) is 1. The van der Waals surface area contributed by atoms with Crippen LogP contribution in [0.1, 0.15) is 16.9 Å². The molecule has 0 spiro atoms. The van der Waals surface area contributed by atoms with Crippen molar-refractivity contribution < 1.29 is 9.64 Å². The number of tetrazole rings is 1. The van der Waals surface area contributed by atoms with Gasteiger partial charge in [0.1, 0.15) is 17.2 Å². The number of nitrogens with one attached hydrogen (secondary N) is 2. The first-order valence-electron chi connectivity index (χ1n) is 7.84. The smallest absolute Gasteiger partial charge is 0.276 e. The Hall–Kier alpha value is -1.84. The molecule has 1 aliphatic rings. The normalized spacial score (nSPS) is 17.7. The van der Waals surface area contributed by atoms with E-state index in [-0.39, 0.29) is 0 Å². The van der Waals surface area contributed by atoms with Gasteiger partial charge >= 0.3 is 0 Å². The third-order valence-corrected chi connectivity index (χ3v) is 5.46. The number of nitrogens with zero attached hydrogens (tertiary/aromatic N) is 5. The van der Waals surface area contributed by atoms with Crippen LogP contribution in [0, 0.1) is 0 Å². The fraction of sp³-hybridized carbons (Fsp3) is 0.571. The van der Waals surface area contributed by atoms with E-state index in [4.69, 9.17) is 4.74 Å². The highest BCUT2D eigenvalue weighted by atomic mass is 32.1. The first kappa shape index (κ1) is 14.7. The number of anilines is 1. The topological polar surface area (TPSA) is 81.7 Å². The number of hydrogen-bond acceptors (Lipinski definition) is 7. The Morgan fingerprint density at radius 3 is 3.22 bits per heavy atom. The van der Waals surface area contributed by atoms with Gasteiger partial charge in [-0.1, -0.05) is 5.10 Å². The van der Waals surface area contributed by atoms with Crippen LogP contribution in [0.2, 0.25) is 0 Å². The van der Waals surface area contributed by atoms with Gasteiger partial charge in [0.05, 0.1) is 23.9 Å². The number of fused-ring (bicyclic) bond motifs is 5. The first-order chi connectivity index (χ1) is 11.3. The van der Waals surface area contributed by atoms with Crippen LogP contribution in [0.5, 0.6) is 0 Å². The minimum atomic E-state index is 0.547. The van der Waals surface area contributed by atoms with Gasteiger partial charge in [-0.15, -0.1) is 11.3 Å². The Kier molecular flexibility index (Phi) is 3.83. The summed E-state index contributed by atoms with van der Waals surface area (Å²) in [6, 6.07) is 0. The lowest BCUT2D eigenvalue weighted by Gasteiger charge is -2.19. The zero-order valence-electron chi connectivity index (χ0n) is 13.3. The molecule has 0 saturated carbocycles. The fourth-order valence-electron chi connectivity index (χ4n) is 3.09. The number of likely N-dealkylation sites (N-methyl/N-ethyl adjacent to an activating group) is 1. The van der Waals surface area contributed by atoms with Gasteiger partial charge in [-0.05, 0) is 22.4 Å². The van der Waals surface area contributed by atoms with Crippen LogP contribution in [0.4, 0.5) is 5.82 Å². The van der Waals surface area contributed by atoms with Crippen molar-refractivity contribution in [3.8, 4) is 0 Å². The molecule has 1 atom stereocenters. The highest BCUT2D eigenvalue weighted by Gasteiger charge is 2.26. The largest absolute Gasteiger partial charge is 0.385 e. The minimum absolute atomic E-state index is 0.547. The van der Waals surface area contributed by atoms with Crippen molar-refractivity contribution in [2.75, 3.05) is 39.2 Å². The molecular formula is C14H20N7OS+. The summed E-state index contributed by atoms with van der Waals surface area (Å²) in [5.41, 5.74) is 1.41. The number of aromatic nitrogens is 5. The van der Waals surface area contributed by atoms with Crippen LogP contribution in [0.3, 0.4) is 0 Å². The van der Waals surface area contributed by atoms with E-state index in [1.54, 1.807) is 27.9 Å². The SMILES string of the molecule is COCCCNc1nc2nnnn2c2sc3c(c12)CC[NH+](C)C3. The van der Waals surface area contributed by atoms with E-state index in [0.29, 0.717) is 5.78 Å². The molecule has 122 valence electrons. The van der Waals surface area contributed by atoms with Gasteiger partial charge in [0.25, 0.3) is 5.78 Å². The highest BCUT2D eigenvalue weighted by molar-refractivity contribution is 7.19. The van der Waals surface area contributed by atoms with Crippen LogP contribution in [0.15, 0.2) is 0 Å². The zero-order chi connectivity index (χ0) is 15.8. The van der Waals surface area contributed by atoms with Crippen LogP contribution in [-0.4, -0.2) is 58.9 Å². The Bertz CT molecular complexity index is 842. The monoisotopic (exact) mass is 334 g/mol. The van der Waals surface area contributed by atoms with Crippen LogP contribution in [0.25, 0.3) is 16.0 Å². The van der Waals surface area contributed by atoms with E-state index >= 15 is 0 Å². The van der Waals surface area contributed by atoms with Crippen LogP contribution >= 0.6 is 11.3 Å². The maximum atomic E-state index is 5.11. The fourth-order valence-corrected chi connectivity index (χ4v) is 4.50. The lowest BCUT2D eigenvalue weighted by Crippen LogP contribution is -3.08. The minimum Gasteiger partial charge on any atom is -0.385 e. The predicted molar refractivity (Wildman–Crippen MR) is 88.1 cm³/mol. The van der Waals surface area contributed by atoms with Gasteiger partial charge in [-0.2, -0.15) is 9.50 Å². The lowest BCUT2D eigenvalue weighted by molar-refractivity contribution is -0.895. The van der Waals surface area contributed by atoms with Gasteiger partial charge in [-0.25, -0.2) is 0 Å². The third kappa shape index (κ3) is 2.54. The zero-order valence-corrected chi connectivity index (χ0v) is 14.1. The predicted octanol–water partition coefficient (Wildman–Crippen LogP) is -0.247. The van der Waals surface area contributed by atoms with Crippen molar-refractivity contribution >= 4 is 33.1 Å². The van der Waals surface area contributed by atoms with Gasteiger partial charge in [0, 0.05) is 26.7 Å². The molecule has 4 rings (SSSR count). The molecule has 0 aromatic carbocycles. The van der Waals surface area contributed by atoms with E-state index in [1.165, 1.54) is 15.8 Å². The summed E-state index contributed by atoms with van der Waals surface area (Å²) in [6.07, 6.45) is 2.01. The molecule has 0 bridgehead atoms. The Balaban J connectivity index is 1.82. The summed E-state index contributed by atoms with van der Waals surface area (Å²) in [5, 5.41) is 16.6. The Morgan fingerprint density at radius 1 is 1.43 bits per heavy atom. The second-order valence-corrected chi connectivity index (χ2v) is 7.03. The Morgan fingerprint density at radius 2 is 2.35 bits per heavy atom. The van der Waals surface area contributed by atoms with E-state index in [1.807, 2.05) is 0 Å². The number of hydrogen-bond donors (Lipinski definition) is 2. The van der Waals surface area contributed by atoms with E-state index in [2.05, 4.69) is 32.9 Å². The van der Waals surface area contributed by atoms with Crippen molar-refractivity contribution in [1.29, 1.82) is 0 Å². The van der Waals surface area contributed by atoms with E-state index in [9.17, 15) is 0 Å². The van der Waals surface area contributed by atoms with Crippen LogP contribution < -0.4 is 10.2 Å². The molecule has 9 heteroatoms. The second kappa shape index (κ2) is 5.99. The molecule has 0 radical (unpaired) electrons. The van der Waals surface area contributed by atoms with Gasteiger partial charge in [0.2, 0.25) is 0 Å². The van der Waals surface area contributed by atoms with Crippen LogP contribution in [-0.2, 0) is 17.7 Å². The van der Waals surface area contributed by atoms with Gasteiger partial charge in [0.15, 0.2) is 0 Å². The molecule has 0 saturated heterocycles. The summed E-state index contributed by atoms with van der Waals surface area (Å²) in [5.74, 6) is 1.45.